The number of aliphatic imine (C=N–C) groups is 1. The van der Waals surface area contributed by atoms with Crippen molar-refractivity contribution in [3.8, 4) is 5.88 Å². The van der Waals surface area contributed by atoms with E-state index in [-0.39, 0.29) is 40.9 Å². The molecule has 0 bridgehead atoms. The molecule has 36 heteroatoms. The number of para-hydroxylation sites is 1. The smallest absolute Gasteiger partial charge is 0.355 e. The molecule has 0 spiro atoms. The van der Waals surface area contributed by atoms with Crippen LogP contribution in [0.2, 0.25) is 0 Å². The summed E-state index contributed by atoms with van der Waals surface area (Å²) in [6.07, 6.45) is 2.16. The number of alkyl halides is 12. The van der Waals surface area contributed by atoms with Gasteiger partial charge >= 0.3 is 62.3 Å². The Kier molecular flexibility index (Phi) is 30.2. The van der Waals surface area contributed by atoms with Gasteiger partial charge in [-0.2, -0.15) is 86.4 Å². The van der Waals surface area contributed by atoms with Crippen molar-refractivity contribution in [2.75, 3.05) is 57.6 Å². The number of fused-ring (bicyclic) bond motifs is 2. The van der Waals surface area contributed by atoms with Crippen LogP contribution in [0.25, 0.3) is 0 Å². The third-order valence-corrected chi connectivity index (χ3v) is 15.0. The second-order valence-corrected chi connectivity index (χ2v) is 21.5. The molecule has 450 valence electrons. The number of aromatic amines is 3. The SMILES string of the molecule is C.C.C.CC.CC.CC.CN1CCC2=C(C1)C(OS(=O)(=O)C(F)(F)F)=NC2.CN1CCc2[nH][nH]c(=O)c2C1.CN1CCc2[nH]nc(OS(=O)(=O)C(F)(F)F)c2C1.O=S(=O)(N(c1ccccc1)S(=O)(=O)C(F)(F)F)C(F)(F)F. The summed E-state index contributed by atoms with van der Waals surface area (Å²) in [4.78, 5) is 20.7. The lowest BCUT2D eigenvalue weighted by Gasteiger charge is -2.25. The number of aromatic nitrogens is 4. The van der Waals surface area contributed by atoms with Crippen molar-refractivity contribution in [3.63, 3.8) is 0 Å². The fourth-order valence-corrected chi connectivity index (χ4v) is 9.65. The molecule has 7 rings (SSSR count). The van der Waals surface area contributed by atoms with Gasteiger partial charge in [0, 0.05) is 69.1 Å². The topological polar surface area (TPSA) is 258 Å². The van der Waals surface area contributed by atoms with Crippen LogP contribution in [0.1, 0.15) is 92.8 Å². The quantitative estimate of drug-likeness (QED) is 0.119. The molecule has 77 heavy (non-hydrogen) atoms. The number of sulfonamides is 2. The summed E-state index contributed by atoms with van der Waals surface area (Å²) in [5, 5.41) is 11.4. The van der Waals surface area contributed by atoms with E-state index >= 15 is 0 Å². The van der Waals surface area contributed by atoms with Gasteiger partial charge in [0.25, 0.3) is 11.4 Å². The summed E-state index contributed by atoms with van der Waals surface area (Å²) < 4.78 is 242. The zero-order valence-corrected chi connectivity index (χ0v) is 44.1. The minimum Gasteiger partial charge on any atom is -0.355 e. The van der Waals surface area contributed by atoms with Crippen molar-refractivity contribution >= 4 is 51.9 Å². The predicted molar refractivity (Wildman–Crippen MR) is 266 cm³/mol. The fraction of sp³-hybridized carbons (Fsp3) is 0.634. The lowest BCUT2D eigenvalue weighted by molar-refractivity contribution is -0.0508. The highest BCUT2D eigenvalue weighted by Gasteiger charge is 2.62. The summed E-state index contributed by atoms with van der Waals surface area (Å²) in [7, 11) is -19.3. The number of nitrogens with zero attached hydrogens (tertiary/aromatic N) is 6. The lowest BCUT2D eigenvalue weighted by atomic mass is 10.0. The summed E-state index contributed by atoms with van der Waals surface area (Å²) in [5.41, 5.74) is -20.4. The number of benzene rings is 1. The third kappa shape index (κ3) is 19.7. The van der Waals surface area contributed by atoms with Crippen LogP contribution in [0.4, 0.5) is 58.4 Å². The molecule has 0 aliphatic carbocycles. The van der Waals surface area contributed by atoms with E-state index in [9.17, 15) is 91.2 Å². The number of anilines is 1. The van der Waals surface area contributed by atoms with Gasteiger partial charge in [-0.25, -0.2) is 4.99 Å². The minimum absolute atomic E-state index is 0. The number of halogens is 12. The highest BCUT2D eigenvalue weighted by Crippen LogP contribution is 2.39. The minimum atomic E-state index is -6.81. The van der Waals surface area contributed by atoms with Crippen molar-refractivity contribution < 1.29 is 94.7 Å². The fourth-order valence-electron chi connectivity index (χ4n) is 6.04. The van der Waals surface area contributed by atoms with Crippen LogP contribution in [0.5, 0.6) is 5.88 Å². The molecule has 3 aromatic rings. The van der Waals surface area contributed by atoms with Gasteiger partial charge in [0.15, 0.2) is 0 Å². The van der Waals surface area contributed by atoms with E-state index in [2.05, 4.69) is 38.7 Å². The van der Waals surface area contributed by atoms with Gasteiger partial charge in [0.05, 0.1) is 23.4 Å². The van der Waals surface area contributed by atoms with Gasteiger partial charge in [0.1, 0.15) is 0 Å². The molecule has 0 unspecified atom stereocenters. The Hall–Kier alpha value is -4.91. The molecule has 4 aliphatic rings. The van der Waals surface area contributed by atoms with Gasteiger partial charge in [-0.05, 0) is 45.3 Å². The Balaban J connectivity index is -0.000000918. The molecule has 2 aromatic heterocycles. The van der Waals surface area contributed by atoms with Gasteiger partial charge in [0.2, 0.25) is 5.90 Å². The lowest BCUT2D eigenvalue weighted by Crippen LogP contribution is -2.49. The molecular weight excluding hydrogens is 1150 g/mol. The Labute approximate surface area is 441 Å². The maximum absolute atomic E-state index is 12.4. The van der Waals surface area contributed by atoms with E-state index in [0.717, 1.165) is 61.1 Å². The van der Waals surface area contributed by atoms with Crippen LogP contribution in [0.15, 0.2) is 51.3 Å². The molecule has 0 saturated heterocycles. The Bertz CT molecular complexity index is 2830. The van der Waals surface area contributed by atoms with Gasteiger partial charge in [-0.15, -0.1) is 8.81 Å². The molecule has 0 amide bonds. The van der Waals surface area contributed by atoms with Crippen molar-refractivity contribution in [1.82, 2.24) is 35.1 Å². The number of hydrogen-bond acceptors (Lipinski definition) is 16. The summed E-state index contributed by atoms with van der Waals surface area (Å²) in [6, 6.07) is 3.85. The monoisotopic (exact) mass is 1220 g/mol. The average Bonchev–Trinajstić information content (AvgIpc) is 4.00. The second-order valence-electron chi connectivity index (χ2n) is 14.6. The first-order valence-corrected chi connectivity index (χ1v) is 27.3. The zero-order chi connectivity index (χ0) is 57.6. The molecular formula is C41H67F12N9O11S4. The predicted octanol–water partition coefficient (Wildman–Crippen LogP) is 8.39. The van der Waals surface area contributed by atoms with Crippen LogP contribution < -0.4 is 13.5 Å². The number of likely N-dealkylation sites (N-methyl/N-ethyl adjacent to an activating group) is 3. The molecule has 1 aromatic carbocycles. The molecule has 4 aliphatic heterocycles. The van der Waals surface area contributed by atoms with E-state index in [0.29, 0.717) is 54.9 Å². The number of H-pyrrole nitrogens is 3. The number of nitrogens with one attached hydrogen (secondary N) is 3. The van der Waals surface area contributed by atoms with Crippen LogP contribution in [0.3, 0.4) is 0 Å². The van der Waals surface area contributed by atoms with E-state index < -0.39 is 83.5 Å². The standard InChI is InChI=1S/C9H11F3N2O3S.C8H5F6NO4S2.C8H10F3N3O3S.C7H11N3O.3C2H6.3CH4/c1-14-3-2-6-4-13-8(7(6)5-14)17-18(15,16)9(10,11)12;9-7(10,11)20(16,17)15(6-4-2-1-3-5-6)21(18,19)8(12,13)14;1-14-3-2-6-5(4-14)7(13-12-6)17-18(15,16)8(9,10)11;1-10-3-2-6-5(4-10)7(11)9-8-6;3*1-2;;;/h2-5H2,1H3;1-5H;2-4H2,1H3,(H,12,13);2-4H2,1H3,(H2,8,9,11);3*1-2H3;3*1H4. The van der Waals surface area contributed by atoms with Crippen LogP contribution in [0, 0.1) is 0 Å². The molecule has 6 heterocycles. The normalized spacial score (nSPS) is 15.9. The highest BCUT2D eigenvalue weighted by molar-refractivity contribution is 8.11. The Morgan fingerprint density at radius 3 is 1.43 bits per heavy atom. The van der Waals surface area contributed by atoms with E-state index in [1.165, 1.54) is 0 Å². The van der Waals surface area contributed by atoms with Gasteiger partial charge in [-0.3, -0.25) is 15.0 Å². The van der Waals surface area contributed by atoms with Crippen molar-refractivity contribution in [3.05, 3.63) is 74.3 Å². The summed E-state index contributed by atoms with van der Waals surface area (Å²) >= 11 is 0. The second kappa shape index (κ2) is 30.5. The van der Waals surface area contributed by atoms with Gasteiger partial charge < -0.3 is 28.2 Å². The first-order valence-electron chi connectivity index (χ1n) is 21.6. The van der Waals surface area contributed by atoms with Crippen LogP contribution in [-0.2, 0) is 70.4 Å². The molecule has 0 saturated carbocycles. The van der Waals surface area contributed by atoms with Crippen molar-refractivity contribution in [2.45, 2.75) is 118 Å². The number of hydrogen-bond donors (Lipinski definition) is 3. The summed E-state index contributed by atoms with van der Waals surface area (Å²) in [6.45, 7) is 16.1. The Morgan fingerprint density at radius 2 is 0.974 bits per heavy atom. The van der Waals surface area contributed by atoms with E-state index in [4.69, 9.17) is 0 Å². The first-order chi connectivity index (χ1) is 33.9. The largest absolute Gasteiger partial charge is 0.534 e. The van der Waals surface area contributed by atoms with Gasteiger partial charge in [-0.1, -0.05) is 82.0 Å². The Morgan fingerprint density at radius 1 is 0.558 bits per heavy atom. The van der Waals surface area contributed by atoms with E-state index in [1.807, 2.05) is 58.4 Å². The summed E-state index contributed by atoms with van der Waals surface area (Å²) in [5.74, 6) is -0.956. The first kappa shape index (κ1) is 76.3. The van der Waals surface area contributed by atoms with E-state index in [1.54, 1.807) is 14.1 Å². The number of rotatable bonds is 6. The maximum Gasteiger partial charge on any atom is 0.534 e. The molecule has 0 fully saturated rings. The highest BCUT2D eigenvalue weighted by atomic mass is 32.3. The molecule has 3 N–H and O–H groups in total. The maximum atomic E-state index is 12.4. The molecule has 20 nitrogen and oxygen atoms in total. The molecule has 0 atom stereocenters. The average molecular weight is 1220 g/mol. The third-order valence-electron chi connectivity index (χ3n) is 9.48. The van der Waals surface area contributed by atoms with Crippen molar-refractivity contribution in [1.29, 1.82) is 0 Å². The van der Waals surface area contributed by atoms with Crippen molar-refractivity contribution in [2.24, 2.45) is 4.99 Å². The molecule has 0 radical (unpaired) electrons. The van der Waals surface area contributed by atoms with Crippen LogP contribution in [-0.4, -0.2) is 151 Å². The zero-order valence-electron chi connectivity index (χ0n) is 40.8. The van der Waals surface area contributed by atoms with Crippen LogP contribution >= 0.6 is 0 Å².